The first-order valence-corrected chi connectivity index (χ1v) is 25.3. The lowest BCUT2D eigenvalue weighted by Crippen LogP contribution is -2.29. The Morgan fingerprint density at radius 2 is 0.639 bits per heavy atom. The van der Waals surface area contributed by atoms with E-state index in [1.165, 1.54) is 60.3 Å². The van der Waals surface area contributed by atoms with Gasteiger partial charge >= 0.3 is 0 Å². The average Bonchev–Trinajstić information content (AvgIpc) is 4.03. The van der Waals surface area contributed by atoms with Crippen molar-refractivity contribution in [3.05, 3.63) is 307 Å². The number of aromatic nitrogens is 1. The van der Waals surface area contributed by atoms with Crippen molar-refractivity contribution in [2.75, 3.05) is 9.80 Å². The molecule has 1 aliphatic carbocycles. The monoisotopic (exact) mass is 937 g/mol. The van der Waals surface area contributed by atoms with Gasteiger partial charge in [0, 0.05) is 39.7 Å². The zero-order valence-electron chi connectivity index (χ0n) is 39.4. The lowest BCUT2D eigenvalue weighted by molar-refractivity contribution is 0.768. The predicted molar refractivity (Wildman–Crippen MR) is 303 cm³/mol. The molecule has 1 heterocycles. The summed E-state index contributed by atoms with van der Waals surface area (Å²) < 4.78 is 1.19. The summed E-state index contributed by atoms with van der Waals surface area (Å²) in [6, 6.07) is 104. The molecule has 0 fully saturated rings. The molecule has 0 saturated heterocycles. The van der Waals surface area contributed by atoms with E-state index in [9.17, 15) is 0 Å². The largest absolute Gasteiger partial charge is 0.310 e. The van der Waals surface area contributed by atoms with Gasteiger partial charge in [-0.25, -0.2) is 4.98 Å². The molecule has 0 aliphatic heterocycles. The van der Waals surface area contributed by atoms with Crippen LogP contribution < -0.4 is 9.80 Å². The summed E-state index contributed by atoms with van der Waals surface area (Å²) in [6.07, 6.45) is 0. The zero-order chi connectivity index (χ0) is 47.8. The number of nitrogens with zero attached hydrogens (tertiary/aromatic N) is 3. The molecule has 4 heteroatoms. The predicted octanol–water partition coefficient (Wildman–Crippen LogP) is 18.6. The fraction of sp³-hybridized carbons (Fsp3) is 0.0147. The van der Waals surface area contributed by atoms with Crippen molar-refractivity contribution in [2.45, 2.75) is 5.41 Å². The maximum Gasteiger partial charge on any atom is 0.124 e. The second kappa shape index (κ2) is 18.3. The third-order valence-corrected chi connectivity index (χ3v) is 15.3. The summed E-state index contributed by atoms with van der Waals surface area (Å²) in [5, 5.41) is 1.02. The highest BCUT2D eigenvalue weighted by molar-refractivity contribution is 7.21. The maximum absolute atomic E-state index is 4.99. The maximum atomic E-state index is 4.99. The molecule has 0 bridgehead atoms. The number of rotatable bonds is 11. The van der Waals surface area contributed by atoms with Crippen molar-refractivity contribution in [3.8, 4) is 44.0 Å². The van der Waals surface area contributed by atoms with Gasteiger partial charge in [-0.2, -0.15) is 0 Å². The summed E-state index contributed by atoms with van der Waals surface area (Å²) >= 11 is 1.73. The molecule has 0 amide bonds. The van der Waals surface area contributed by atoms with E-state index in [2.05, 4.69) is 295 Å². The molecule has 0 saturated carbocycles. The molecule has 0 N–H and O–H groups in total. The van der Waals surface area contributed by atoms with Crippen molar-refractivity contribution in [2.24, 2.45) is 0 Å². The van der Waals surface area contributed by atoms with Crippen LogP contribution in [0, 0.1) is 0 Å². The summed E-state index contributed by atoms with van der Waals surface area (Å²) in [6.45, 7) is 0. The van der Waals surface area contributed by atoms with Gasteiger partial charge in [0.2, 0.25) is 0 Å². The second-order valence-corrected chi connectivity index (χ2v) is 19.3. The van der Waals surface area contributed by atoms with Gasteiger partial charge in [-0.15, -0.1) is 11.3 Å². The van der Waals surface area contributed by atoms with Crippen LogP contribution in [0.15, 0.2) is 285 Å². The van der Waals surface area contributed by atoms with E-state index >= 15 is 0 Å². The normalized spacial score (nSPS) is 12.3. The molecule has 340 valence electrons. The molecule has 13 rings (SSSR count). The van der Waals surface area contributed by atoms with Crippen LogP contribution in [-0.4, -0.2) is 4.98 Å². The van der Waals surface area contributed by atoms with Gasteiger partial charge < -0.3 is 9.80 Å². The minimum absolute atomic E-state index is 0.668. The fourth-order valence-electron chi connectivity index (χ4n) is 10.8. The van der Waals surface area contributed by atoms with Crippen molar-refractivity contribution in [1.29, 1.82) is 0 Å². The third-order valence-electron chi connectivity index (χ3n) is 14.2. The van der Waals surface area contributed by atoms with Gasteiger partial charge in [-0.05, 0) is 153 Å². The molecule has 3 nitrogen and oxygen atoms in total. The molecule has 11 aromatic carbocycles. The van der Waals surface area contributed by atoms with E-state index in [-0.39, 0.29) is 0 Å². The number of hydrogen-bond donors (Lipinski definition) is 0. The van der Waals surface area contributed by atoms with Crippen LogP contribution in [0.1, 0.15) is 22.3 Å². The van der Waals surface area contributed by atoms with Gasteiger partial charge in [0.25, 0.3) is 0 Å². The molecular formula is C68H47N3S. The smallest absolute Gasteiger partial charge is 0.124 e. The van der Waals surface area contributed by atoms with Crippen LogP contribution in [0.3, 0.4) is 0 Å². The van der Waals surface area contributed by atoms with Crippen molar-refractivity contribution >= 4 is 55.7 Å². The SMILES string of the molecule is c1ccc(-c2ccc(N(c3ccc(-c4ccccc4)cc3)c3ccc4c(c3)C(c3ccccc3)(c3ccccc3)c3cc(N(c5ccccc5)c5ccc(-c6nc7ccccc7s6)cc5)ccc3-4)cc2)cc1. The molecule has 0 spiro atoms. The van der Waals surface area contributed by atoms with Crippen LogP contribution in [0.5, 0.6) is 0 Å². The van der Waals surface area contributed by atoms with E-state index in [1.807, 2.05) is 0 Å². The zero-order valence-corrected chi connectivity index (χ0v) is 40.2. The van der Waals surface area contributed by atoms with E-state index < -0.39 is 5.41 Å². The minimum Gasteiger partial charge on any atom is -0.310 e. The van der Waals surface area contributed by atoms with Crippen molar-refractivity contribution in [3.63, 3.8) is 0 Å². The summed E-state index contributed by atoms with van der Waals surface area (Å²) in [5.41, 5.74) is 20.0. The minimum atomic E-state index is -0.668. The first kappa shape index (κ1) is 43.0. The Kier molecular flexibility index (Phi) is 10.9. The number of anilines is 6. The topological polar surface area (TPSA) is 19.4 Å². The third kappa shape index (κ3) is 7.57. The van der Waals surface area contributed by atoms with Crippen LogP contribution in [0.4, 0.5) is 34.1 Å². The Morgan fingerprint density at radius 1 is 0.292 bits per heavy atom. The number of fused-ring (bicyclic) bond motifs is 4. The first-order chi connectivity index (χ1) is 35.7. The van der Waals surface area contributed by atoms with Crippen LogP contribution in [0.25, 0.3) is 54.2 Å². The summed E-state index contributed by atoms with van der Waals surface area (Å²) in [4.78, 5) is 9.79. The van der Waals surface area contributed by atoms with Crippen molar-refractivity contribution < 1.29 is 0 Å². The van der Waals surface area contributed by atoms with Gasteiger partial charge in [-0.1, -0.05) is 188 Å². The molecule has 12 aromatic rings. The average molecular weight is 938 g/mol. The number of hydrogen-bond acceptors (Lipinski definition) is 4. The molecular weight excluding hydrogens is 891 g/mol. The fourth-order valence-corrected chi connectivity index (χ4v) is 11.8. The Morgan fingerprint density at radius 3 is 1.08 bits per heavy atom. The van der Waals surface area contributed by atoms with Gasteiger partial charge in [-0.3, -0.25) is 0 Å². The molecule has 0 atom stereocenters. The molecule has 72 heavy (non-hydrogen) atoms. The van der Waals surface area contributed by atoms with E-state index in [1.54, 1.807) is 11.3 Å². The molecule has 0 unspecified atom stereocenters. The van der Waals surface area contributed by atoms with E-state index in [0.717, 1.165) is 50.2 Å². The quantitative estimate of drug-likeness (QED) is 0.129. The van der Waals surface area contributed by atoms with Crippen LogP contribution in [0.2, 0.25) is 0 Å². The first-order valence-electron chi connectivity index (χ1n) is 24.5. The lowest BCUT2D eigenvalue weighted by Gasteiger charge is -2.35. The van der Waals surface area contributed by atoms with Gasteiger partial charge in [0.05, 0.1) is 15.6 Å². The van der Waals surface area contributed by atoms with Crippen LogP contribution >= 0.6 is 11.3 Å². The second-order valence-electron chi connectivity index (χ2n) is 18.3. The summed E-state index contributed by atoms with van der Waals surface area (Å²) in [7, 11) is 0. The molecule has 0 radical (unpaired) electrons. The molecule has 1 aliphatic rings. The van der Waals surface area contributed by atoms with E-state index in [4.69, 9.17) is 4.98 Å². The van der Waals surface area contributed by atoms with Gasteiger partial charge in [0.15, 0.2) is 0 Å². The van der Waals surface area contributed by atoms with Crippen molar-refractivity contribution in [1.82, 2.24) is 4.98 Å². The highest BCUT2D eigenvalue weighted by Gasteiger charge is 2.47. The number of benzene rings is 11. The number of para-hydroxylation sites is 2. The highest BCUT2D eigenvalue weighted by Crippen LogP contribution is 2.58. The van der Waals surface area contributed by atoms with Gasteiger partial charge in [0.1, 0.15) is 5.01 Å². The summed E-state index contributed by atoms with van der Waals surface area (Å²) in [5.74, 6) is 0. The Bertz CT molecular complexity index is 3660. The van der Waals surface area contributed by atoms with Crippen LogP contribution in [-0.2, 0) is 5.41 Å². The highest BCUT2D eigenvalue weighted by atomic mass is 32.1. The Hall–Kier alpha value is -9.09. The number of thiazole rings is 1. The standard InChI is InChI=1S/C68H47N3S/c1-6-18-48(19-7-1)50-30-36-56(37-31-50)71(57-38-32-51(33-39-57)49-20-8-2-9-21-49)60-43-45-62-61-44-42-59(46-63(61)68(64(62)47-60,53-22-10-3-11-23-53)54-24-12-4-13-25-54)70(55-26-14-5-15-27-55)58-40-34-52(35-41-58)67-69-65-28-16-17-29-66(65)72-67/h1-47H. The Balaban J connectivity index is 0.988. The van der Waals surface area contributed by atoms with E-state index in [0.29, 0.717) is 0 Å². The lowest BCUT2D eigenvalue weighted by atomic mass is 9.67. The Labute approximate surface area is 424 Å². The molecule has 1 aromatic heterocycles.